The molecule has 1 aromatic heterocycles. The number of pyridine rings is 1. The van der Waals surface area contributed by atoms with Gasteiger partial charge in [-0.25, -0.2) is 9.78 Å². The molecule has 0 fully saturated rings. The van der Waals surface area contributed by atoms with Crippen molar-refractivity contribution in [3.05, 3.63) is 35.3 Å². The van der Waals surface area contributed by atoms with E-state index < -0.39 is 23.2 Å². The van der Waals surface area contributed by atoms with E-state index in [1.54, 1.807) is 13.8 Å². The van der Waals surface area contributed by atoms with Crippen LogP contribution in [-0.4, -0.2) is 38.8 Å². The van der Waals surface area contributed by atoms with E-state index in [0.29, 0.717) is 18.5 Å². The molecule has 0 radical (unpaired) electrons. The molecule has 0 spiro atoms. The van der Waals surface area contributed by atoms with Crippen LogP contribution in [0.15, 0.2) is 29.6 Å². The predicted octanol–water partition coefficient (Wildman–Crippen LogP) is 1.67. The lowest BCUT2D eigenvalue weighted by atomic mass is 9.87. The second-order valence-corrected chi connectivity index (χ2v) is 7.31. The largest absolute Gasteiger partial charge is 0.506 e. The Labute approximate surface area is 162 Å². The molecule has 0 aliphatic heterocycles. The topological polar surface area (TPSA) is 152 Å². The molecule has 9 nitrogen and oxygen atoms in total. The molecule has 0 saturated heterocycles. The summed E-state index contributed by atoms with van der Waals surface area (Å²) in [6, 6.07) is 2.73. The number of nitrogens with one attached hydrogen (secondary N) is 3. The Morgan fingerprint density at radius 1 is 1.21 bits per heavy atom. The van der Waals surface area contributed by atoms with Gasteiger partial charge in [-0.15, -0.1) is 0 Å². The maximum absolute atomic E-state index is 12.6. The van der Waals surface area contributed by atoms with Crippen molar-refractivity contribution in [1.29, 1.82) is 5.41 Å². The van der Waals surface area contributed by atoms with Gasteiger partial charge in [0.15, 0.2) is 5.84 Å². The fraction of sp³-hybridized carbons (Fsp3) is 0.421. The molecular formula is C19H24N4O5. The molecule has 0 aromatic carbocycles. The van der Waals surface area contributed by atoms with Crippen molar-refractivity contribution >= 4 is 23.6 Å². The van der Waals surface area contributed by atoms with Gasteiger partial charge in [0, 0.05) is 12.1 Å². The molecule has 5 N–H and O–H groups in total. The minimum atomic E-state index is -1.11. The SMILES string of the molecule is CC(C)(CC(=O)NC(=N)c1ccc(O)cn1)C(=O)NC1=C(C(=O)O)CCCC1. The Kier molecular flexibility index (Phi) is 6.50. The van der Waals surface area contributed by atoms with Crippen LogP contribution in [-0.2, 0) is 14.4 Å². The van der Waals surface area contributed by atoms with Crippen LogP contribution in [0.25, 0.3) is 0 Å². The number of rotatable bonds is 6. The van der Waals surface area contributed by atoms with Crippen LogP contribution in [0.4, 0.5) is 0 Å². The first-order valence-corrected chi connectivity index (χ1v) is 8.90. The first-order valence-electron chi connectivity index (χ1n) is 8.90. The van der Waals surface area contributed by atoms with Crippen molar-refractivity contribution in [3.8, 4) is 5.75 Å². The summed E-state index contributed by atoms with van der Waals surface area (Å²) in [5.41, 5.74) is -0.328. The fourth-order valence-corrected chi connectivity index (χ4v) is 2.85. The minimum absolute atomic E-state index is 0.0570. The maximum Gasteiger partial charge on any atom is 0.333 e. The van der Waals surface area contributed by atoms with Crippen molar-refractivity contribution in [2.45, 2.75) is 46.0 Å². The molecular weight excluding hydrogens is 364 g/mol. The smallest absolute Gasteiger partial charge is 0.333 e. The molecule has 0 bridgehead atoms. The van der Waals surface area contributed by atoms with E-state index >= 15 is 0 Å². The number of nitrogens with zero attached hydrogens (tertiary/aromatic N) is 1. The quantitative estimate of drug-likeness (QED) is 0.369. The van der Waals surface area contributed by atoms with Gasteiger partial charge in [-0.1, -0.05) is 13.8 Å². The number of carbonyl (C=O) groups excluding carboxylic acids is 2. The summed E-state index contributed by atoms with van der Waals surface area (Å²) in [6.07, 6.45) is 3.40. The number of allylic oxidation sites excluding steroid dienone is 1. The van der Waals surface area contributed by atoms with E-state index in [-0.39, 0.29) is 29.3 Å². The highest BCUT2D eigenvalue weighted by atomic mass is 16.4. The second kappa shape index (κ2) is 8.64. The highest BCUT2D eigenvalue weighted by molar-refractivity contribution is 6.06. The van der Waals surface area contributed by atoms with E-state index in [4.69, 9.17) is 5.41 Å². The molecule has 1 aromatic rings. The molecule has 2 amide bonds. The average molecular weight is 388 g/mol. The van der Waals surface area contributed by atoms with Crippen LogP contribution >= 0.6 is 0 Å². The van der Waals surface area contributed by atoms with Crippen molar-refractivity contribution < 1.29 is 24.6 Å². The summed E-state index contributed by atoms with van der Waals surface area (Å²) in [5.74, 6) is -2.34. The lowest BCUT2D eigenvalue weighted by Gasteiger charge is -2.26. The van der Waals surface area contributed by atoms with Gasteiger partial charge in [0.1, 0.15) is 11.4 Å². The van der Waals surface area contributed by atoms with Crippen LogP contribution in [0, 0.1) is 10.8 Å². The molecule has 150 valence electrons. The number of aromatic nitrogens is 1. The normalized spacial score (nSPS) is 14.4. The Hall–Kier alpha value is -3.23. The molecule has 0 atom stereocenters. The summed E-state index contributed by atoms with van der Waals surface area (Å²) >= 11 is 0. The minimum Gasteiger partial charge on any atom is -0.506 e. The molecule has 1 aliphatic rings. The number of amidine groups is 1. The standard InChI is InChI=1S/C19H24N4O5/c1-19(2,18(28)22-13-6-4-3-5-12(13)17(26)27)9-15(25)23-16(20)14-8-7-11(24)10-21-14/h7-8,10,24H,3-6,9H2,1-2H3,(H,22,28)(H,26,27)(H2,20,23,25). The Bertz CT molecular complexity index is 827. The van der Waals surface area contributed by atoms with Gasteiger partial charge in [0.25, 0.3) is 0 Å². The van der Waals surface area contributed by atoms with Crippen LogP contribution in [0.1, 0.15) is 51.6 Å². The zero-order valence-electron chi connectivity index (χ0n) is 15.8. The van der Waals surface area contributed by atoms with Crippen molar-refractivity contribution in [2.75, 3.05) is 0 Å². The van der Waals surface area contributed by atoms with E-state index in [1.165, 1.54) is 12.1 Å². The Morgan fingerprint density at radius 3 is 2.50 bits per heavy atom. The van der Waals surface area contributed by atoms with Crippen LogP contribution in [0.3, 0.4) is 0 Å². The molecule has 2 rings (SSSR count). The summed E-state index contributed by atoms with van der Waals surface area (Å²) in [7, 11) is 0. The molecule has 1 aliphatic carbocycles. The summed E-state index contributed by atoms with van der Waals surface area (Å²) in [6.45, 7) is 3.16. The van der Waals surface area contributed by atoms with Gasteiger partial charge in [-0.3, -0.25) is 15.0 Å². The summed E-state index contributed by atoms with van der Waals surface area (Å²) in [4.78, 5) is 40.0. The predicted molar refractivity (Wildman–Crippen MR) is 101 cm³/mol. The number of hydrogen-bond acceptors (Lipinski definition) is 6. The van der Waals surface area contributed by atoms with Crippen LogP contribution in [0.5, 0.6) is 5.75 Å². The number of aromatic hydroxyl groups is 1. The second-order valence-electron chi connectivity index (χ2n) is 7.31. The molecule has 0 unspecified atom stereocenters. The zero-order valence-corrected chi connectivity index (χ0v) is 15.8. The lowest BCUT2D eigenvalue weighted by molar-refractivity contribution is -0.134. The third kappa shape index (κ3) is 5.38. The van der Waals surface area contributed by atoms with Gasteiger partial charge < -0.3 is 20.8 Å². The molecule has 0 saturated carbocycles. The number of carbonyl (C=O) groups is 3. The lowest BCUT2D eigenvalue weighted by Crippen LogP contribution is -2.42. The van der Waals surface area contributed by atoms with Crippen molar-refractivity contribution in [1.82, 2.24) is 15.6 Å². The zero-order chi connectivity index (χ0) is 20.9. The van der Waals surface area contributed by atoms with E-state index in [1.807, 2.05) is 0 Å². The number of carboxylic acids is 1. The summed E-state index contributed by atoms with van der Waals surface area (Å²) < 4.78 is 0. The van der Waals surface area contributed by atoms with Gasteiger partial charge in [0.2, 0.25) is 11.8 Å². The average Bonchev–Trinajstić information content (AvgIpc) is 2.61. The number of amides is 2. The Morgan fingerprint density at radius 2 is 1.89 bits per heavy atom. The van der Waals surface area contributed by atoms with Gasteiger partial charge in [-0.05, 0) is 37.8 Å². The molecule has 1 heterocycles. The third-order valence-electron chi connectivity index (χ3n) is 4.48. The number of hydrogen-bond donors (Lipinski definition) is 5. The first-order chi connectivity index (χ1) is 13.1. The fourth-order valence-electron chi connectivity index (χ4n) is 2.85. The monoisotopic (exact) mass is 388 g/mol. The van der Waals surface area contributed by atoms with Crippen LogP contribution in [0.2, 0.25) is 0 Å². The number of aliphatic carboxylic acids is 1. The van der Waals surface area contributed by atoms with Crippen LogP contribution < -0.4 is 10.6 Å². The van der Waals surface area contributed by atoms with Crippen molar-refractivity contribution in [2.24, 2.45) is 5.41 Å². The van der Waals surface area contributed by atoms with Crippen molar-refractivity contribution in [3.63, 3.8) is 0 Å². The maximum atomic E-state index is 12.6. The van der Waals surface area contributed by atoms with Gasteiger partial charge in [-0.2, -0.15) is 0 Å². The van der Waals surface area contributed by atoms with Gasteiger partial charge in [0.05, 0.1) is 17.2 Å². The summed E-state index contributed by atoms with van der Waals surface area (Å²) in [5, 5.41) is 31.4. The van der Waals surface area contributed by atoms with E-state index in [2.05, 4.69) is 15.6 Å². The Balaban J connectivity index is 2.00. The van der Waals surface area contributed by atoms with E-state index in [0.717, 1.165) is 19.0 Å². The highest BCUT2D eigenvalue weighted by Crippen LogP contribution is 2.26. The van der Waals surface area contributed by atoms with E-state index in [9.17, 15) is 24.6 Å². The molecule has 28 heavy (non-hydrogen) atoms. The third-order valence-corrected chi connectivity index (χ3v) is 4.48. The number of carboxylic acid groups (broad SMARTS) is 1. The van der Waals surface area contributed by atoms with Gasteiger partial charge >= 0.3 is 5.97 Å². The highest BCUT2D eigenvalue weighted by Gasteiger charge is 2.32. The molecule has 9 heteroatoms. The first kappa shape index (κ1) is 21.1.